The van der Waals surface area contributed by atoms with Crippen molar-refractivity contribution in [2.45, 2.75) is 19.3 Å². The molecule has 0 heterocycles. The van der Waals surface area contributed by atoms with Crippen LogP contribution in [0.5, 0.6) is 5.75 Å². The van der Waals surface area contributed by atoms with Crippen molar-refractivity contribution in [3.63, 3.8) is 0 Å². The number of rotatable bonds is 6. The number of methoxy groups -OCH3 is 1. The molecule has 1 aromatic rings. The van der Waals surface area contributed by atoms with Crippen molar-refractivity contribution in [3.05, 3.63) is 28.2 Å². The molecule has 18 heavy (non-hydrogen) atoms. The van der Waals surface area contributed by atoms with Gasteiger partial charge < -0.3 is 10.1 Å². The first-order valence-electron chi connectivity index (χ1n) is 5.67. The molecule has 1 N–H and O–H groups in total. The van der Waals surface area contributed by atoms with E-state index in [2.05, 4.69) is 27.3 Å². The molecule has 4 nitrogen and oxygen atoms in total. The lowest BCUT2D eigenvalue weighted by Gasteiger charge is -2.08. The number of hydrogen-bond donors (Lipinski definition) is 1. The second kappa shape index (κ2) is 7.72. The molecule has 5 heteroatoms. The predicted octanol–water partition coefficient (Wildman–Crippen LogP) is 2.88. The van der Waals surface area contributed by atoms with Crippen LogP contribution >= 0.6 is 15.9 Å². The molecule has 0 aliphatic heterocycles. The standard InChI is InChI=1S/C13H15BrN2O2/c1-18-10-5-6-12(14)11(9-10)13(17)16-8-4-2-3-7-15/h5-6,9H,2-4,8H2,1H3,(H,16,17). The molecule has 0 bridgehead atoms. The largest absolute Gasteiger partial charge is 0.497 e. The van der Waals surface area contributed by atoms with E-state index in [-0.39, 0.29) is 5.91 Å². The van der Waals surface area contributed by atoms with Crippen molar-refractivity contribution in [1.82, 2.24) is 5.32 Å². The molecule has 1 aromatic carbocycles. The van der Waals surface area contributed by atoms with E-state index in [0.717, 1.165) is 17.3 Å². The van der Waals surface area contributed by atoms with Crippen molar-refractivity contribution >= 4 is 21.8 Å². The number of halogens is 1. The number of nitrogens with one attached hydrogen (secondary N) is 1. The molecule has 0 radical (unpaired) electrons. The van der Waals surface area contributed by atoms with Crippen LogP contribution in [0.2, 0.25) is 0 Å². The summed E-state index contributed by atoms with van der Waals surface area (Å²) in [7, 11) is 1.56. The number of hydrogen-bond acceptors (Lipinski definition) is 3. The molecule has 0 aromatic heterocycles. The Bertz CT molecular complexity index is 455. The third kappa shape index (κ3) is 4.38. The second-order valence-corrected chi connectivity index (χ2v) is 4.57. The summed E-state index contributed by atoms with van der Waals surface area (Å²) in [6, 6.07) is 7.33. The van der Waals surface area contributed by atoms with Gasteiger partial charge in [0.05, 0.1) is 18.7 Å². The van der Waals surface area contributed by atoms with E-state index in [0.29, 0.717) is 24.3 Å². The van der Waals surface area contributed by atoms with Gasteiger partial charge in [0.15, 0.2) is 0 Å². The molecule has 1 rings (SSSR count). The second-order valence-electron chi connectivity index (χ2n) is 3.72. The lowest BCUT2D eigenvalue weighted by atomic mass is 10.2. The molecule has 0 unspecified atom stereocenters. The molecule has 1 amide bonds. The number of unbranched alkanes of at least 4 members (excludes halogenated alkanes) is 2. The molecule has 0 aliphatic rings. The molecule has 0 spiro atoms. The average molecular weight is 311 g/mol. The molecule has 0 aliphatic carbocycles. The Morgan fingerprint density at radius 3 is 2.94 bits per heavy atom. The smallest absolute Gasteiger partial charge is 0.252 e. The van der Waals surface area contributed by atoms with E-state index >= 15 is 0 Å². The van der Waals surface area contributed by atoms with E-state index < -0.39 is 0 Å². The van der Waals surface area contributed by atoms with Crippen LogP contribution in [0.3, 0.4) is 0 Å². The van der Waals surface area contributed by atoms with Crippen molar-refractivity contribution in [1.29, 1.82) is 5.26 Å². The number of amides is 1. The average Bonchev–Trinajstić information content (AvgIpc) is 2.39. The van der Waals surface area contributed by atoms with Crippen LogP contribution in [0.4, 0.5) is 0 Å². The first-order valence-corrected chi connectivity index (χ1v) is 6.47. The van der Waals surface area contributed by atoms with Gasteiger partial charge in [-0.1, -0.05) is 0 Å². The van der Waals surface area contributed by atoms with Gasteiger partial charge in [0.2, 0.25) is 0 Å². The maximum atomic E-state index is 11.9. The Morgan fingerprint density at radius 1 is 1.50 bits per heavy atom. The van der Waals surface area contributed by atoms with Gasteiger partial charge >= 0.3 is 0 Å². The van der Waals surface area contributed by atoms with E-state index in [1.807, 2.05) is 0 Å². The van der Waals surface area contributed by atoms with Crippen molar-refractivity contribution in [3.8, 4) is 11.8 Å². The summed E-state index contributed by atoms with van der Waals surface area (Å²) in [5, 5.41) is 11.2. The van der Waals surface area contributed by atoms with Crippen LogP contribution in [0.1, 0.15) is 29.6 Å². The summed E-state index contributed by atoms with van der Waals surface area (Å²) < 4.78 is 5.81. The first-order chi connectivity index (χ1) is 8.69. The van der Waals surface area contributed by atoms with Crippen LogP contribution in [0, 0.1) is 11.3 Å². The lowest BCUT2D eigenvalue weighted by molar-refractivity contribution is 0.0952. The van der Waals surface area contributed by atoms with Gasteiger partial charge in [-0.25, -0.2) is 0 Å². The molecule has 0 saturated carbocycles. The zero-order valence-electron chi connectivity index (χ0n) is 10.2. The monoisotopic (exact) mass is 310 g/mol. The summed E-state index contributed by atoms with van der Waals surface area (Å²) in [5.41, 5.74) is 0.551. The van der Waals surface area contributed by atoms with Gasteiger partial charge in [0, 0.05) is 17.4 Å². The van der Waals surface area contributed by atoms with Gasteiger partial charge in [0.25, 0.3) is 5.91 Å². The number of ether oxygens (including phenoxy) is 1. The van der Waals surface area contributed by atoms with Crippen LogP contribution in [-0.4, -0.2) is 19.6 Å². The van der Waals surface area contributed by atoms with Crippen LogP contribution in [0.15, 0.2) is 22.7 Å². The number of carbonyl (C=O) groups excluding carboxylic acids is 1. The fourth-order valence-corrected chi connectivity index (χ4v) is 1.86. The topological polar surface area (TPSA) is 62.1 Å². The van der Waals surface area contributed by atoms with E-state index in [1.165, 1.54) is 0 Å². The first kappa shape index (κ1) is 14.5. The highest BCUT2D eigenvalue weighted by molar-refractivity contribution is 9.10. The Balaban J connectivity index is 2.53. The molecule has 0 fully saturated rings. The fraction of sp³-hybridized carbons (Fsp3) is 0.385. The molecule has 96 valence electrons. The van der Waals surface area contributed by atoms with Crippen LogP contribution in [-0.2, 0) is 0 Å². The van der Waals surface area contributed by atoms with Gasteiger partial charge in [-0.2, -0.15) is 5.26 Å². The zero-order chi connectivity index (χ0) is 13.4. The van der Waals surface area contributed by atoms with Crippen molar-refractivity contribution in [2.75, 3.05) is 13.7 Å². The van der Waals surface area contributed by atoms with Gasteiger partial charge in [0.1, 0.15) is 5.75 Å². The van der Waals surface area contributed by atoms with Crippen LogP contribution in [0.25, 0.3) is 0 Å². The quantitative estimate of drug-likeness (QED) is 0.822. The normalized spacial score (nSPS) is 9.61. The minimum absolute atomic E-state index is 0.141. The Kier molecular flexibility index (Phi) is 6.23. The summed E-state index contributed by atoms with van der Waals surface area (Å²) >= 11 is 3.33. The Hall–Kier alpha value is -1.54. The summed E-state index contributed by atoms with van der Waals surface area (Å²) in [6.45, 7) is 0.574. The Labute approximate surface area is 115 Å². The summed E-state index contributed by atoms with van der Waals surface area (Å²) in [6.07, 6.45) is 2.13. The molecular formula is C13H15BrN2O2. The van der Waals surface area contributed by atoms with Gasteiger partial charge in [-0.3, -0.25) is 4.79 Å². The molecule has 0 atom stereocenters. The SMILES string of the molecule is COc1ccc(Br)c(C(=O)NCCCCC#N)c1. The van der Waals surface area contributed by atoms with Crippen molar-refractivity contribution < 1.29 is 9.53 Å². The number of benzene rings is 1. The number of carbonyl (C=O) groups is 1. The summed E-state index contributed by atoms with van der Waals surface area (Å²) in [5.74, 6) is 0.505. The molecular weight excluding hydrogens is 296 g/mol. The zero-order valence-corrected chi connectivity index (χ0v) is 11.8. The highest BCUT2D eigenvalue weighted by Gasteiger charge is 2.10. The fourth-order valence-electron chi connectivity index (χ4n) is 1.43. The minimum Gasteiger partial charge on any atom is -0.497 e. The van der Waals surface area contributed by atoms with Crippen LogP contribution < -0.4 is 10.1 Å². The Morgan fingerprint density at radius 2 is 2.28 bits per heavy atom. The maximum absolute atomic E-state index is 11.9. The minimum atomic E-state index is -0.141. The van der Waals surface area contributed by atoms with Gasteiger partial charge in [-0.15, -0.1) is 0 Å². The molecule has 0 saturated heterocycles. The predicted molar refractivity (Wildman–Crippen MR) is 72.5 cm³/mol. The number of nitrogens with zero attached hydrogens (tertiary/aromatic N) is 1. The van der Waals surface area contributed by atoms with E-state index in [1.54, 1.807) is 25.3 Å². The third-order valence-electron chi connectivity index (χ3n) is 2.42. The number of nitriles is 1. The van der Waals surface area contributed by atoms with E-state index in [4.69, 9.17) is 10.00 Å². The summed E-state index contributed by atoms with van der Waals surface area (Å²) in [4.78, 5) is 11.9. The lowest BCUT2D eigenvalue weighted by Crippen LogP contribution is -2.24. The van der Waals surface area contributed by atoms with E-state index in [9.17, 15) is 4.79 Å². The van der Waals surface area contributed by atoms with Gasteiger partial charge in [-0.05, 0) is 47.0 Å². The third-order valence-corrected chi connectivity index (χ3v) is 3.11. The maximum Gasteiger partial charge on any atom is 0.252 e. The highest BCUT2D eigenvalue weighted by Crippen LogP contribution is 2.22. The van der Waals surface area contributed by atoms with Crippen molar-refractivity contribution in [2.24, 2.45) is 0 Å². The highest BCUT2D eigenvalue weighted by atomic mass is 79.9.